The van der Waals surface area contributed by atoms with Gasteiger partial charge in [-0.1, -0.05) is 55.4 Å². The lowest BCUT2D eigenvalue weighted by Crippen LogP contribution is -2.73. The highest BCUT2D eigenvalue weighted by Crippen LogP contribution is 2.78. The number of hydrogen-bond acceptors (Lipinski definition) is 6. The SMILES string of the molecule is C[C@@H]1[C@H]2[C@H]3CC[C@@H]4[C@]5(C)[C@@H](CC[C@@]4(C)[C@]3(C)CC[C@@]2(C)CC[C@H]1C)C(C)(C)CCC5(O)C(=O)OC(C(=O)O)C(O)C(=O)O. The number of esters is 1. The van der Waals surface area contributed by atoms with Gasteiger partial charge in [-0.05, 0) is 121 Å². The van der Waals surface area contributed by atoms with E-state index >= 15 is 0 Å². The first-order valence-electron chi connectivity index (χ1n) is 16.8. The van der Waals surface area contributed by atoms with E-state index in [0.29, 0.717) is 35.5 Å². The molecule has 0 aromatic carbocycles. The maximum Gasteiger partial charge on any atom is 0.348 e. The first-order valence-corrected chi connectivity index (χ1v) is 16.8. The summed E-state index contributed by atoms with van der Waals surface area (Å²) >= 11 is 0. The normalized spacial score (nSPS) is 50.1. The molecule has 244 valence electrons. The topological polar surface area (TPSA) is 141 Å². The standard InChI is InChI=1S/C35H56O8/c1-19-11-13-31(5)16-17-32(6)21(24(31)20(19)2)9-10-23-33(32,7)14-12-22-30(3,4)15-18-35(42,34(22,23)8)29(41)43-26(28(39)40)25(36)27(37)38/h19-26,36,42H,9-18H2,1-8H3,(H,37,38)(H,39,40)/t19-,20+,21-,22+,23+,24+,25?,26?,31-,32-,33-,34+,35?/m1/s1. The van der Waals surface area contributed by atoms with Crippen LogP contribution in [0, 0.1) is 62.6 Å². The zero-order chi connectivity index (χ0) is 32.1. The molecule has 8 heteroatoms. The molecule has 5 aliphatic carbocycles. The van der Waals surface area contributed by atoms with Crippen LogP contribution >= 0.6 is 0 Å². The Hall–Kier alpha value is -1.67. The number of ether oxygens (including phenoxy) is 1. The highest BCUT2D eigenvalue weighted by molar-refractivity contribution is 5.88. The lowest BCUT2D eigenvalue weighted by Gasteiger charge is -2.75. The Kier molecular flexibility index (Phi) is 7.74. The Bertz CT molecular complexity index is 1170. The molecule has 8 nitrogen and oxygen atoms in total. The van der Waals surface area contributed by atoms with Crippen LogP contribution in [0.15, 0.2) is 0 Å². The zero-order valence-electron chi connectivity index (χ0n) is 27.6. The number of carboxylic acid groups (broad SMARTS) is 2. The Morgan fingerprint density at radius 2 is 1.40 bits per heavy atom. The number of aliphatic carboxylic acids is 2. The van der Waals surface area contributed by atoms with Gasteiger partial charge in [-0.3, -0.25) is 0 Å². The summed E-state index contributed by atoms with van der Waals surface area (Å²) in [5.74, 6) is -2.16. The van der Waals surface area contributed by atoms with Gasteiger partial charge in [0.2, 0.25) is 6.10 Å². The average molecular weight is 605 g/mol. The number of fused-ring (bicyclic) bond motifs is 7. The van der Waals surface area contributed by atoms with Crippen LogP contribution in [0.3, 0.4) is 0 Å². The van der Waals surface area contributed by atoms with Gasteiger partial charge in [-0.25, -0.2) is 14.4 Å². The molecule has 0 aliphatic heterocycles. The summed E-state index contributed by atoms with van der Waals surface area (Å²) < 4.78 is 5.29. The van der Waals surface area contributed by atoms with Crippen LogP contribution in [0.2, 0.25) is 0 Å². The highest BCUT2D eigenvalue weighted by atomic mass is 16.6. The number of carbonyl (C=O) groups is 3. The van der Waals surface area contributed by atoms with E-state index in [9.17, 15) is 34.8 Å². The molecule has 0 bridgehead atoms. The minimum Gasteiger partial charge on any atom is -0.479 e. The molecule has 5 aliphatic rings. The molecular formula is C35H56O8. The molecule has 0 radical (unpaired) electrons. The van der Waals surface area contributed by atoms with E-state index < -0.39 is 41.1 Å². The largest absolute Gasteiger partial charge is 0.479 e. The Morgan fingerprint density at radius 1 is 0.744 bits per heavy atom. The molecule has 5 fully saturated rings. The summed E-state index contributed by atoms with van der Waals surface area (Å²) in [5.41, 5.74) is -2.88. The summed E-state index contributed by atoms with van der Waals surface area (Å²) in [6, 6.07) is 0. The van der Waals surface area contributed by atoms with Gasteiger partial charge < -0.3 is 25.2 Å². The molecule has 0 aromatic rings. The van der Waals surface area contributed by atoms with E-state index in [1.807, 2.05) is 6.92 Å². The van der Waals surface area contributed by atoms with Gasteiger partial charge in [0, 0.05) is 5.41 Å². The first-order chi connectivity index (χ1) is 19.7. The maximum absolute atomic E-state index is 14.0. The van der Waals surface area contributed by atoms with Crippen LogP contribution in [-0.2, 0) is 19.1 Å². The molecule has 0 amide bonds. The highest BCUT2D eigenvalue weighted by Gasteiger charge is 2.75. The van der Waals surface area contributed by atoms with Gasteiger partial charge in [0.15, 0.2) is 11.7 Å². The molecule has 5 rings (SSSR count). The van der Waals surface area contributed by atoms with E-state index in [2.05, 4.69) is 48.5 Å². The van der Waals surface area contributed by atoms with Crippen molar-refractivity contribution in [1.82, 2.24) is 0 Å². The van der Waals surface area contributed by atoms with Crippen LogP contribution in [0.5, 0.6) is 0 Å². The van der Waals surface area contributed by atoms with Gasteiger partial charge in [-0.2, -0.15) is 0 Å². The van der Waals surface area contributed by atoms with E-state index in [4.69, 9.17) is 4.74 Å². The lowest BCUT2D eigenvalue weighted by atomic mass is 9.30. The second kappa shape index (κ2) is 10.2. The van der Waals surface area contributed by atoms with Crippen molar-refractivity contribution in [2.24, 2.45) is 62.6 Å². The second-order valence-electron chi connectivity index (χ2n) is 17.3. The van der Waals surface area contributed by atoms with Gasteiger partial charge in [0.05, 0.1) is 0 Å². The van der Waals surface area contributed by atoms with Crippen molar-refractivity contribution < 1.29 is 39.5 Å². The maximum atomic E-state index is 14.0. The molecule has 13 atom stereocenters. The van der Waals surface area contributed by atoms with Crippen LogP contribution in [0.25, 0.3) is 0 Å². The summed E-state index contributed by atoms with van der Waals surface area (Å²) in [6.07, 6.45) is 4.58. The number of aliphatic hydroxyl groups excluding tert-OH is 1. The zero-order valence-corrected chi connectivity index (χ0v) is 27.6. The Morgan fingerprint density at radius 3 is 2.00 bits per heavy atom. The minimum absolute atomic E-state index is 0.00882. The van der Waals surface area contributed by atoms with Crippen molar-refractivity contribution in [2.75, 3.05) is 0 Å². The van der Waals surface area contributed by atoms with E-state index in [0.717, 1.165) is 32.1 Å². The third-order valence-electron chi connectivity index (χ3n) is 15.5. The molecule has 4 N–H and O–H groups in total. The molecule has 43 heavy (non-hydrogen) atoms. The predicted octanol–water partition coefficient (Wildman–Crippen LogP) is 5.92. The quantitative estimate of drug-likeness (QED) is 0.284. The molecule has 0 spiro atoms. The third kappa shape index (κ3) is 4.30. The first kappa shape index (κ1) is 32.7. The van der Waals surface area contributed by atoms with Gasteiger partial charge in [0.1, 0.15) is 0 Å². The van der Waals surface area contributed by atoms with E-state index in [1.54, 1.807) is 0 Å². The van der Waals surface area contributed by atoms with Crippen molar-refractivity contribution in [3.8, 4) is 0 Å². The molecular weight excluding hydrogens is 548 g/mol. The van der Waals surface area contributed by atoms with Gasteiger partial charge in [-0.15, -0.1) is 0 Å². The van der Waals surface area contributed by atoms with Gasteiger partial charge >= 0.3 is 17.9 Å². The fraction of sp³-hybridized carbons (Fsp3) is 0.914. The molecule has 0 heterocycles. The van der Waals surface area contributed by atoms with E-state index in [1.165, 1.54) is 19.3 Å². The van der Waals surface area contributed by atoms with Gasteiger partial charge in [0.25, 0.3) is 0 Å². The number of carboxylic acids is 2. The van der Waals surface area contributed by atoms with Crippen LogP contribution in [0.4, 0.5) is 0 Å². The van der Waals surface area contributed by atoms with Crippen molar-refractivity contribution >= 4 is 17.9 Å². The van der Waals surface area contributed by atoms with E-state index in [-0.39, 0.29) is 34.5 Å². The molecule has 0 saturated heterocycles. The fourth-order valence-electron chi connectivity index (χ4n) is 12.6. The summed E-state index contributed by atoms with van der Waals surface area (Å²) in [7, 11) is 0. The number of hydrogen-bond donors (Lipinski definition) is 4. The third-order valence-corrected chi connectivity index (χ3v) is 15.5. The summed E-state index contributed by atoms with van der Waals surface area (Å²) in [6.45, 7) is 18.8. The number of rotatable bonds is 5. The second-order valence-corrected chi connectivity index (χ2v) is 17.3. The predicted molar refractivity (Wildman–Crippen MR) is 161 cm³/mol. The smallest absolute Gasteiger partial charge is 0.348 e. The number of carbonyl (C=O) groups excluding carboxylic acids is 1. The number of aliphatic hydroxyl groups is 2. The van der Waals surface area contributed by atoms with Crippen molar-refractivity contribution in [3.05, 3.63) is 0 Å². The fourth-order valence-corrected chi connectivity index (χ4v) is 12.6. The average Bonchev–Trinajstić information content (AvgIpc) is 2.92. The van der Waals surface area contributed by atoms with Crippen LogP contribution in [-0.4, -0.2) is 56.1 Å². The Labute approximate surface area is 257 Å². The van der Waals surface area contributed by atoms with Crippen molar-refractivity contribution in [1.29, 1.82) is 0 Å². The Balaban J connectivity index is 1.57. The molecule has 5 saturated carbocycles. The van der Waals surface area contributed by atoms with Crippen molar-refractivity contribution in [2.45, 2.75) is 137 Å². The lowest BCUT2D eigenvalue weighted by molar-refractivity contribution is -0.293. The summed E-state index contributed by atoms with van der Waals surface area (Å²) in [5, 5.41) is 41.7. The minimum atomic E-state index is -2.43. The van der Waals surface area contributed by atoms with Crippen LogP contribution in [0.1, 0.15) is 120 Å². The van der Waals surface area contributed by atoms with Crippen molar-refractivity contribution in [3.63, 3.8) is 0 Å². The molecule has 3 unspecified atom stereocenters. The summed E-state index contributed by atoms with van der Waals surface area (Å²) in [4.78, 5) is 37.4. The monoisotopic (exact) mass is 604 g/mol. The molecule has 0 aromatic heterocycles. The van der Waals surface area contributed by atoms with Crippen LogP contribution < -0.4 is 0 Å².